The van der Waals surface area contributed by atoms with Crippen molar-refractivity contribution in [1.29, 1.82) is 0 Å². The zero-order chi connectivity index (χ0) is 27.1. The van der Waals surface area contributed by atoms with Crippen LogP contribution in [0.1, 0.15) is 17.2 Å². The van der Waals surface area contributed by atoms with E-state index in [-0.39, 0.29) is 23.6 Å². The third kappa shape index (κ3) is 7.37. The van der Waals surface area contributed by atoms with Gasteiger partial charge in [0.2, 0.25) is 0 Å². The van der Waals surface area contributed by atoms with E-state index >= 15 is 0 Å². The molecule has 1 aliphatic heterocycles. The van der Waals surface area contributed by atoms with Crippen molar-refractivity contribution in [1.82, 2.24) is 9.80 Å². The number of piperazine rings is 1. The first-order chi connectivity index (χ1) is 18.3. The molecule has 3 aromatic carbocycles. The second kappa shape index (κ2) is 12.9. The van der Waals surface area contributed by atoms with Gasteiger partial charge in [-0.1, -0.05) is 41.9 Å². The number of alkyl halides is 2. The summed E-state index contributed by atoms with van der Waals surface area (Å²) >= 11 is 6.02. The summed E-state index contributed by atoms with van der Waals surface area (Å²) in [7, 11) is 0. The molecule has 38 heavy (non-hydrogen) atoms. The maximum absolute atomic E-state index is 14.1. The standard InChI is InChI=1S/C27H26ClF4N3O3/c28-19-10-8-18(9-11-19)25(37-17-20-21(29)4-3-5-22(20)30)16-34-12-14-35(15-13-34)27(36)33-23-6-1-2-7-24(23)38-26(31)32/h1-11,25-26H,12-17H2,(H,33,36)/t25-/m0/s1. The fourth-order valence-corrected chi connectivity index (χ4v) is 4.24. The third-order valence-corrected chi connectivity index (χ3v) is 6.41. The Morgan fingerprint density at radius 2 is 1.58 bits per heavy atom. The molecule has 4 rings (SSSR count). The number of carbonyl (C=O) groups excluding carboxylic acids is 1. The fraction of sp³-hybridized carbons (Fsp3) is 0.296. The SMILES string of the molecule is O=C(Nc1ccccc1OC(F)F)N1CCN(C[C@H](OCc2c(F)cccc2F)c2ccc(Cl)cc2)CC1. The average Bonchev–Trinajstić information content (AvgIpc) is 2.89. The number of urea groups is 1. The molecule has 0 bridgehead atoms. The van der Waals surface area contributed by atoms with E-state index in [1.807, 2.05) is 0 Å². The number of nitrogens with zero attached hydrogens (tertiary/aromatic N) is 2. The molecule has 1 aliphatic rings. The smallest absolute Gasteiger partial charge is 0.387 e. The summed E-state index contributed by atoms with van der Waals surface area (Å²) in [5.41, 5.74) is 0.794. The minimum atomic E-state index is -3.01. The molecule has 202 valence electrons. The Morgan fingerprint density at radius 1 is 0.921 bits per heavy atom. The number of hydrogen-bond donors (Lipinski definition) is 1. The number of benzene rings is 3. The first kappa shape index (κ1) is 27.7. The van der Waals surface area contributed by atoms with Gasteiger partial charge < -0.3 is 19.7 Å². The van der Waals surface area contributed by atoms with E-state index in [1.54, 1.807) is 35.2 Å². The molecular weight excluding hydrogens is 526 g/mol. The van der Waals surface area contributed by atoms with Gasteiger partial charge in [-0.2, -0.15) is 8.78 Å². The number of carbonyl (C=O) groups is 1. The lowest BCUT2D eigenvalue weighted by Gasteiger charge is -2.36. The molecule has 0 aromatic heterocycles. The molecular formula is C27H26ClF4N3O3. The number of halogens is 5. The summed E-state index contributed by atoms with van der Waals surface area (Å²) in [6.07, 6.45) is -0.509. The highest BCUT2D eigenvalue weighted by Gasteiger charge is 2.25. The van der Waals surface area contributed by atoms with Crippen molar-refractivity contribution in [3.8, 4) is 5.75 Å². The number of para-hydroxylation sites is 2. The van der Waals surface area contributed by atoms with Crippen LogP contribution >= 0.6 is 11.6 Å². The lowest BCUT2D eigenvalue weighted by atomic mass is 10.1. The summed E-state index contributed by atoms with van der Waals surface area (Å²) in [6, 6.07) is 16.2. The molecule has 2 amide bonds. The van der Waals surface area contributed by atoms with Gasteiger partial charge in [0.15, 0.2) is 0 Å². The minimum absolute atomic E-state index is 0.122. The van der Waals surface area contributed by atoms with Crippen molar-refractivity contribution >= 4 is 23.3 Å². The molecule has 6 nitrogen and oxygen atoms in total. The van der Waals surface area contributed by atoms with Gasteiger partial charge in [-0.05, 0) is 42.0 Å². The van der Waals surface area contributed by atoms with E-state index in [1.165, 1.54) is 36.4 Å². The lowest BCUT2D eigenvalue weighted by molar-refractivity contribution is -0.0493. The van der Waals surface area contributed by atoms with Crippen LogP contribution in [0.15, 0.2) is 66.7 Å². The summed E-state index contributed by atoms with van der Waals surface area (Å²) in [5.74, 6) is -1.48. The number of nitrogens with one attached hydrogen (secondary N) is 1. The first-order valence-electron chi connectivity index (χ1n) is 11.9. The Bertz CT molecular complexity index is 1200. The second-order valence-corrected chi connectivity index (χ2v) is 9.08. The Balaban J connectivity index is 1.37. The van der Waals surface area contributed by atoms with E-state index in [0.717, 1.165) is 5.56 Å². The van der Waals surface area contributed by atoms with E-state index in [0.29, 0.717) is 37.7 Å². The van der Waals surface area contributed by atoms with Gasteiger partial charge in [-0.15, -0.1) is 0 Å². The van der Waals surface area contributed by atoms with Gasteiger partial charge in [0, 0.05) is 43.3 Å². The first-order valence-corrected chi connectivity index (χ1v) is 12.3. The molecule has 0 unspecified atom stereocenters. The number of ether oxygens (including phenoxy) is 2. The van der Waals surface area contributed by atoms with Crippen LogP contribution in [0.25, 0.3) is 0 Å². The highest BCUT2D eigenvalue weighted by Crippen LogP contribution is 2.27. The van der Waals surface area contributed by atoms with Gasteiger partial charge >= 0.3 is 12.6 Å². The predicted octanol–water partition coefficient (Wildman–Crippen LogP) is 6.33. The largest absolute Gasteiger partial charge is 0.433 e. The lowest BCUT2D eigenvalue weighted by Crippen LogP contribution is -2.50. The van der Waals surface area contributed by atoms with E-state index in [4.69, 9.17) is 16.3 Å². The molecule has 0 aliphatic carbocycles. The maximum atomic E-state index is 14.1. The quantitative estimate of drug-likeness (QED) is 0.316. The normalized spacial score (nSPS) is 14.9. The monoisotopic (exact) mass is 551 g/mol. The predicted molar refractivity (Wildman–Crippen MR) is 135 cm³/mol. The summed E-state index contributed by atoms with van der Waals surface area (Å²) in [4.78, 5) is 16.4. The highest BCUT2D eigenvalue weighted by molar-refractivity contribution is 6.30. The van der Waals surface area contributed by atoms with Crippen molar-refractivity contribution in [3.63, 3.8) is 0 Å². The third-order valence-electron chi connectivity index (χ3n) is 6.16. The summed E-state index contributed by atoms with van der Waals surface area (Å²) in [6.45, 7) is -1.10. The van der Waals surface area contributed by atoms with Gasteiger partial charge in [0.25, 0.3) is 0 Å². The van der Waals surface area contributed by atoms with Gasteiger partial charge in [0.1, 0.15) is 17.4 Å². The van der Waals surface area contributed by atoms with Crippen molar-refractivity contribution in [3.05, 3.63) is 94.5 Å². The average molecular weight is 552 g/mol. The van der Waals surface area contributed by atoms with E-state index in [9.17, 15) is 22.4 Å². The summed E-state index contributed by atoms with van der Waals surface area (Å²) in [5, 5.41) is 3.17. The molecule has 11 heteroatoms. The Labute approximate surface area is 222 Å². The molecule has 1 atom stereocenters. The van der Waals surface area contributed by atoms with Crippen LogP contribution in [0.2, 0.25) is 5.02 Å². The summed E-state index contributed by atoms with van der Waals surface area (Å²) < 4.78 is 64.1. The van der Waals surface area contributed by atoms with Crippen molar-refractivity contribution in [2.45, 2.75) is 19.3 Å². The van der Waals surface area contributed by atoms with Crippen LogP contribution < -0.4 is 10.1 Å². The zero-order valence-electron chi connectivity index (χ0n) is 20.3. The topological polar surface area (TPSA) is 54.0 Å². The van der Waals surface area contributed by atoms with Gasteiger partial charge in [0.05, 0.1) is 18.4 Å². The second-order valence-electron chi connectivity index (χ2n) is 8.64. The molecule has 1 fully saturated rings. The molecule has 1 heterocycles. The Hall–Kier alpha value is -3.34. The van der Waals surface area contributed by atoms with E-state index in [2.05, 4.69) is 15.0 Å². The molecule has 3 aromatic rings. The van der Waals surface area contributed by atoms with Crippen LogP contribution in [0.4, 0.5) is 28.0 Å². The van der Waals surface area contributed by atoms with Crippen LogP contribution in [0.3, 0.4) is 0 Å². The van der Waals surface area contributed by atoms with E-state index < -0.39 is 30.4 Å². The number of rotatable bonds is 9. The van der Waals surface area contributed by atoms with Crippen LogP contribution in [0.5, 0.6) is 5.75 Å². The molecule has 0 spiro atoms. The molecule has 1 saturated heterocycles. The minimum Gasteiger partial charge on any atom is -0.433 e. The number of anilines is 1. The molecule has 0 saturated carbocycles. The Kier molecular flexibility index (Phi) is 9.43. The molecule has 1 N–H and O–H groups in total. The van der Waals surface area contributed by atoms with Crippen molar-refractivity contribution < 1.29 is 31.8 Å². The number of amides is 2. The maximum Gasteiger partial charge on any atom is 0.387 e. The van der Waals surface area contributed by atoms with Gasteiger partial charge in [-0.25, -0.2) is 13.6 Å². The van der Waals surface area contributed by atoms with Crippen LogP contribution in [-0.2, 0) is 11.3 Å². The highest BCUT2D eigenvalue weighted by atomic mass is 35.5. The van der Waals surface area contributed by atoms with Crippen LogP contribution in [-0.4, -0.2) is 55.2 Å². The number of hydrogen-bond acceptors (Lipinski definition) is 4. The van der Waals surface area contributed by atoms with Crippen LogP contribution in [0, 0.1) is 11.6 Å². The van der Waals surface area contributed by atoms with Crippen molar-refractivity contribution in [2.24, 2.45) is 0 Å². The fourth-order valence-electron chi connectivity index (χ4n) is 4.12. The van der Waals surface area contributed by atoms with Gasteiger partial charge in [-0.3, -0.25) is 4.90 Å². The Morgan fingerprint density at radius 3 is 2.24 bits per heavy atom. The zero-order valence-corrected chi connectivity index (χ0v) is 21.0. The molecule has 0 radical (unpaired) electrons. The van der Waals surface area contributed by atoms with Crippen molar-refractivity contribution in [2.75, 3.05) is 38.0 Å².